The van der Waals surface area contributed by atoms with E-state index in [-0.39, 0.29) is 11.9 Å². The zero-order valence-electron chi connectivity index (χ0n) is 10.4. The Labute approximate surface area is 106 Å². The van der Waals surface area contributed by atoms with Crippen LogP contribution in [0, 0.1) is 0 Å². The van der Waals surface area contributed by atoms with Gasteiger partial charge >= 0.3 is 6.09 Å². The molecule has 18 heavy (non-hydrogen) atoms. The first kappa shape index (κ1) is 12.4. The summed E-state index contributed by atoms with van der Waals surface area (Å²) < 4.78 is 5.27. The second-order valence-electron chi connectivity index (χ2n) is 4.16. The third-order valence-electron chi connectivity index (χ3n) is 2.94. The molecule has 2 amide bonds. The van der Waals surface area contributed by atoms with Gasteiger partial charge in [0, 0.05) is 0 Å². The maximum atomic E-state index is 11.8. The molecule has 4 heteroatoms. The lowest BCUT2D eigenvalue weighted by Crippen LogP contribution is -2.36. The second-order valence-corrected chi connectivity index (χ2v) is 4.16. The first-order chi connectivity index (χ1) is 8.65. The molecular formula is C14H15NO3. The molecule has 1 heterocycles. The van der Waals surface area contributed by atoms with E-state index >= 15 is 0 Å². The van der Waals surface area contributed by atoms with Crippen LogP contribution in [0.5, 0.6) is 0 Å². The highest BCUT2D eigenvalue weighted by Crippen LogP contribution is 2.32. The molecule has 0 spiro atoms. The van der Waals surface area contributed by atoms with Gasteiger partial charge in [-0.1, -0.05) is 36.4 Å². The summed E-state index contributed by atoms with van der Waals surface area (Å²) in [7, 11) is 0. The predicted molar refractivity (Wildman–Crippen MR) is 66.8 cm³/mol. The van der Waals surface area contributed by atoms with Crippen molar-refractivity contribution in [2.45, 2.75) is 26.0 Å². The van der Waals surface area contributed by atoms with Gasteiger partial charge in [-0.25, -0.2) is 9.69 Å². The van der Waals surface area contributed by atoms with Crippen molar-refractivity contribution >= 4 is 12.0 Å². The molecule has 0 N–H and O–H groups in total. The second kappa shape index (κ2) is 5.04. The predicted octanol–water partition coefficient (Wildman–Crippen LogP) is 2.67. The van der Waals surface area contributed by atoms with E-state index in [1.54, 1.807) is 13.0 Å². The number of amides is 2. The summed E-state index contributed by atoms with van der Waals surface area (Å²) >= 11 is 0. The van der Waals surface area contributed by atoms with Crippen molar-refractivity contribution in [1.82, 2.24) is 4.90 Å². The smallest absolute Gasteiger partial charge is 0.417 e. The Morgan fingerprint density at radius 2 is 2.00 bits per heavy atom. The summed E-state index contributed by atoms with van der Waals surface area (Å²) in [5.41, 5.74) is 0.897. The Morgan fingerprint density at radius 1 is 1.33 bits per heavy atom. The highest BCUT2D eigenvalue weighted by molar-refractivity contribution is 5.99. The fourth-order valence-electron chi connectivity index (χ4n) is 2.07. The molecule has 4 nitrogen and oxygen atoms in total. The van der Waals surface area contributed by atoms with Crippen molar-refractivity contribution in [2.24, 2.45) is 0 Å². The molecule has 1 aromatic carbocycles. The van der Waals surface area contributed by atoms with Gasteiger partial charge in [-0.3, -0.25) is 4.79 Å². The summed E-state index contributed by atoms with van der Waals surface area (Å²) in [4.78, 5) is 24.7. The molecule has 1 aliphatic rings. The highest BCUT2D eigenvalue weighted by atomic mass is 16.6. The molecule has 2 atom stereocenters. The van der Waals surface area contributed by atoms with Crippen molar-refractivity contribution in [2.75, 3.05) is 0 Å². The number of hydrogen-bond donors (Lipinski definition) is 0. The summed E-state index contributed by atoms with van der Waals surface area (Å²) in [6.45, 7) is 3.54. The number of imide groups is 1. The Hall–Kier alpha value is -2.10. The SMILES string of the molecule is C/C=C\C(=O)N1C(=O)O[C@H](c2ccccc2)[C@@H]1C. The Balaban J connectivity index is 2.24. The summed E-state index contributed by atoms with van der Waals surface area (Å²) in [5.74, 6) is -0.339. The van der Waals surface area contributed by atoms with Gasteiger partial charge in [0.15, 0.2) is 0 Å². The van der Waals surface area contributed by atoms with Crippen LogP contribution in [-0.4, -0.2) is 22.9 Å². The van der Waals surface area contributed by atoms with Gasteiger partial charge in [-0.2, -0.15) is 0 Å². The topological polar surface area (TPSA) is 46.6 Å². The van der Waals surface area contributed by atoms with Crippen molar-refractivity contribution in [3.05, 3.63) is 48.0 Å². The third-order valence-corrected chi connectivity index (χ3v) is 2.94. The molecular weight excluding hydrogens is 230 g/mol. The molecule has 1 fully saturated rings. The lowest BCUT2D eigenvalue weighted by molar-refractivity contribution is -0.124. The molecule has 0 aliphatic carbocycles. The fraction of sp³-hybridized carbons (Fsp3) is 0.286. The van der Waals surface area contributed by atoms with Gasteiger partial charge in [0.25, 0.3) is 5.91 Å². The van der Waals surface area contributed by atoms with Gasteiger partial charge in [0.05, 0.1) is 6.04 Å². The van der Waals surface area contributed by atoms with Crippen molar-refractivity contribution < 1.29 is 14.3 Å². The van der Waals surface area contributed by atoms with Crippen LogP contribution in [0.2, 0.25) is 0 Å². The number of benzene rings is 1. The van der Waals surface area contributed by atoms with E-state index in [1.165, 1.54) is 6.08 Å². The van der Waals surface area contributed by atoms with Crippen molar-refractivity contribution in [1.29, 1.82) is 0 Å². The number of allylic oxidation sites excluding steroid dienone is 1. The average molecular weight is 245 g/mol. The van der Waals surface area contributed by atoms with E-state index in [0.717, 1.165) is 10.5 Å². The third kappa shape index (κ3) is 2.14. The van der Waals surface area contributed by atoms with Gasteiger partial charge in [-0.05, 0) is 25.5 Å². The van der Waals surface area contributed by atoms with Crippen LogP contribution in [0.25, 0.3) is 0 Å². The number of cyclic esters (lactones) is 1. The molecule has 0 unspecified atom stereocenters. The van der Waals surface area contributed by atoms with Crippen molar-refractivity contribution in [3.63, 3.8) is 0 Å². The zero-order valence-corrected chi connectivity index (χ0v) is 10.4. The highest BCUT2D eigenvalue weighted by Gasteiger charge is 2.42. The normalized spacial score (nSPS) is 23.4. The maximum absolute atomic E-state index is 11.8. The molecule has 1 aromatic rings. The van der Waals surface area contributed by atoms with Crippen LogP contribution in [0.4, 0.5) is 4.79 Å². The molecule has 94 valence electrons. The van der Waals surface area contributed by atoms with Crippen LogP contribution in [0.15, 0.2) is 42.5 Å². The van der Waals surface area contributed by atoms with Gasteiger partial charge in [0.2, 0.25) is 0 Å². The lowest BCUT2D eigenvalue weighted by Gasteiger charge is -2.17. The molecule has 0 aromatic heterocycles. The monoisotopic (exact) mass is 245 g/mol. The Kier molecular flexibility index (Phi) is 3.46. The van der Waals surface area contributed by atoms with E-state index in [1.807, 2.05) is 37.3 Å². The van der Waals surface area contributed by atoms with Crippen LogP contribution in [0.1, 0.15) is 25.5 Å². The molecule has 0 saturated carbocycles. The summed E-state index contributed by atoms with van der Waals surface area (Å²) in [5, 5.41) is 0. The van der Waals surface area contributed by atoms with Crippen LogP contribution < -0.4 is 0 Å². The minimum atomic E-state index is -0.584. The molecule has 0 radical (unpaired) electrons. The fourth-order valence-corrected chi connectivity index (χ4v) is 2.07. The van der Waals surface area contributed by atoms with Crippen LogP contribution in [-0.2, 0) is 9.53 Å². The van der Waals surface area contributed by atoms with E-state index < -0.39 is 12.2 Å². The van der Waals surface area contributed by atoms with E-state index in [9.17, 15) is 9.59 Å². The van der Waals surface area contributed by atoms with E-state index in [0.29, 0.717) is 0 Å². The quantitative estimate of drug-likeness (QED) is 0.752. The van der Waals surface area contributed by atoms with Gasteiger partial charge in [-0.15, -0.1) is 0 Å². The zero-order chi connectivity index (χ0) is 13.1. The number of carbonyl (C=O) groups excluding carboxylic acids is 2. The number of carbonyl (C=O) groups is 2. The van der Waals surface area contributed by atoms with E-state index in [4.69, 9.17) is 4.74 Å². The minimum absolute atomic E-state index is 0.302. The number of hydrogen-bond acceptors (Lipinski definition) is 3. The standard InChI is InChI=1S/C14H15NO3/c1-3-7-12(16)15-10(2)13(18-14(15)17)11-8-5-4-6-9-11/h3-10,13H,1-2H3/b7-3-/t10-,13-/m0/s1. The van der Waals surface area contributed by atoms with Crippen molar-refractivity contribution in [3.8, 4) is 0 Å². The van der Waals surface area contributed by atoms with Crippen LogP contribution >= 0.6 is 0 Å². The summed E-state index contributed by atoms with van der Waals surface area (Å²) in [6, 6.07) is 9.13. The van der Waals surface area contributed by atoms with Gasteiger partial charge < -0.3 is 4.74 Å². The molecule has 2 rings (SSSR count). The minimum Gasteiger partial charge on any atom is -0.439 e. The first-order valence-corrected chi connectivity index (χ1v) is 5.86. The average Bonchev–Trinajstić information content (AvgIpc) is 2.66. The van der Waals surface area contributed by atoms with Crippen LogP contribution in [0.3, 0.4) is 0 Å². The molecule has 1 saturated heterocycles. The summed E-state index contributed by atoms with van der Waals surface area (Å²) in [6.07, 6.45) is 2.00. The Bertz CT molecular complexity index is 481. The number of nitrogens with zero attached hydrogens (tertiary/aromatic N) is 1. The van der Waals surface area contributed by atoms with E-state index in [2.05, 4.69) is 0 Å². The molecule has 1 aliphatic heterocycles. The maximum Gasteiger partial charge on any atom is 0.417 e. The number of ether oxygens (including phenoxy) is 1. The molecule has 0 bridgehead atoms. The number of rotatable bonds is 2. The first-order valence-electron chi connectivity index (χ1n) is 5.86. The van der Waals surface area contributed by atoms with Gasteiger partial charge in [0.1, 0.15) is 6.10 Å². The largest absolute Gasteiger partial charge is 0.439 e. The Morgan fingerprint density at radius 3 is 2.61 bits per heavy atom. The lowest BCUT2D eigenvalue weighted by atomic mass is 10.0.